The molecule has 4 rings (SSSR count). The lowest BCUT2D eigenvalue weighted by atomic mass is 9.88. The third kappa shape index (κ3) is 7.53. The molecule has 1 aromatic carbocycles. The Balaban J connectivity index is 1.19. The lowest BCUT2D eigenvalue weighted by molar-refractivity contribution is -0.137. The number of hydrogen-bond acceptors (Lipinski definition) is 8. The number of aromatic nitrogens is 1. The molecule has 2 amide bonds. The normalized spacial score (nSPS) is 17.1. The van der Waals surface area contributed by atoms with Gasteiger partial charge in [0.05, 0.1) is 38.5 Å². The zero-order valence-corrected chi connectivity index (χ0v) is 23.2. The summed E-state index contributed by atoms with van der Waals surface area (Å²) < 4.78 is 21.2. The van der Waals surface area contributed by atoms with Crippen LogP contribution in [0.3, 0.4) is 0 Å². The number of methoxy groups -OCH3 is 2. The molecule has 0 radical (unpaired) electrons. The number of ether oxygens (including phenoxy) is 4. The number of hydrogen-bond donors (Lipinski definition) is 0. The third-order valence-electron chi connectivity index (χ3n) is 7.33. The van der Waals surface area contributed by atoms with Crippen molar-refractivity contribution >= 4 is 23.2 Å². The molecule has 208 valence electrons. The monoisotopic (exact) mass is 545 g/mol. The van der Waals surface area contributed by atoms with Crippen molar-refractivity contribution in [2.45, 2.75) is 37.5 Å². The summed E-state index contributed by atoms with van der Waals surface area (Å²) >= 11 is 1.56. The Bertz CT molecular complexity index is 1030. The molecule has 0 saturated carbocycles. The van der Waals surface area contributed by atoms with E-state index < -0.39 is 0 Å². The third-order valence-corrected chi connectivity index (χ3v) is 8.34. The number of rotatable bonds is 12. The van der Waals surface area contributed by atoms with Gasteiger partial charge in [-0.3, -0.25) is 9.59 Å². The average molecular weight is 546 g/mol. The Hall–Kier alpha value is -2.53. The van der Waals surface area contributed by atoms with Crippen LogP contribution in [0, 0.1) is 0 Å². The van der Waals surface area contributed by atoms with Crippen molar-refractivity contribution < 1.29 is 28.5 Å². The zero-order valence-electron chi connectivity index (χ0n) is 22.4. The van der Waals surface area contributed by atoms with Crippen LogP contribution in [-0.2, 0) is 19.0 Å². The minimum atomic E-state index is 0.00636. The number of para-hydroxylation sites is 1. The summed E-state index contributed by atoms with van der Waals surface area (Å²) in [6.07, 6.45) is 3.52. The lowest BCUT2D eigenvalue weighted by Gasteiger charge is -2.32. The summed E-state index contributed by atoms with van der Waals surface area (Å²) in [4.78, 5) is 34.1. The summed E-state index contributed by atoms with van der Waals surface area (Å²) in [7, 11) is 3.33. The Morgan fingerprint density at radius 3 is 2.29 bits per heavy atom. The summed E-state index contributed by atoms with van der Waals surface area (Å²) in [5, 5.41) is 2.89. The van der Waals surface area contributed by atoms with Gasteiger partial charge in [-0.05, 0) is 43.2 Å². The van der Waals surface area contributed by atoms with Gasteiger partial charge in [0.2, 0.25) is 5.91 Å². The van der Waals surface area contributed by atoms with Gasteiger partial charge in [0.25, 0.3) is 5.91 Å². The minimum absolute atomic E-state index is 0.00636. The largest absolute Gasteiger partial charge is 0.496 e. The van der Waals surface area contributed by atoms with Gasteiger partial charge in [-0.2, -0.15) is 0 Å². The van der Waals surface area contributed by atoms with Crippen LogP contribution in [0.1, 0.15) is 58.6 Å². The van der Waals surface area contributed by atoms with Gasteiger partial charge >= 0.3 is 0 Å². The number of carbonyl (C=O) groups excluding carboxylic acids is 2. The predicted octanol–water partition coefficient (Wildman–Crippen LogP) is 3.56. The summed E-state index contributed by atoms with van der Waals surface area (Å²) in [5.74, 6) is 1.62. The molecule has 1 aromatic heterocycles. The van der Waals surface area contributed by atoms with Crippen molar-refractivity contribution in [3.8, 4) is 5.75 Å². The Kier molecular flexibility index (Phi) is 10.9. The zero-order chi connectivity index (χ0) is 26.7. The van der Waals surface area contributed by atoms with E-state index in [1.54, 1.807) is 25.6 Å². The van der Waals surface area contributed by atoms with Crippen molar-refractivity contribution in [3.63, 3.8) is 0 Å². The highest BCUT2D eigenvalue weighted by atomic mass is 32.1. The first-order chi connectivity index (χ1) is 18.6. The molecule has 0 atom stereocenters. The van der Waals surface area contributed by atoms with Crippen LogP contribution in [0.2, 0.25) is 0 Å². The van der Waals surface area contributed by atoms with E-state index >= 15 is 0 Å². The van der Waals surface area contributed by atoms with Gasteiger partial charge in [-0.25, -0.2) is 4.98 Å². The number of likely N-dealkylation sites (tertiary alicyclic amines) is 2. The lowest BCUT2D eigenvalue weighted by Crippen LogP contribution is -2.40. The molecular formula is C28H39N3O6S. The van der Waals surface area contributed by atoms with E-state index in [2.05, 4.69) is 6.07 Å². The molecule has 10 heteroatoms. The number of benzene rings is 1. The molecule has 38 heavy (non-hydrogen) atoms. The van der Waals surface area contributed by atoms with Crippen molar-refractivity contribution in [3.05, 3.63) is 45.9 Å². The fraction of sp³-hybridized carbons (Fsp3) is 0.607. The number of amides is 2. The molecule has 2 saturated heterocycles. The summed E-state index contributed by atoms with van der Waals surface area (Å²) in [5.41, 5.74) is 1.77. The van der Waals surface area contributed by atoms with E-state index in [0.717, 1.165) is 49.5 Å². The van der Waals surface area contributed by atoms with E-state index in [0.29, 0.717) is 51.1 Å². The number of piperidine rings is 2. The van der Waals surface area contributed by atoms with Gasteiger partial charge in [-0.15, -0.1) is 11.3 Å². The first-order valence-electron chi connectivity index (χ1n) is 13.4. The molecule has 3 heterocycles. The van der Waals surface area contributed by atoms with Gasteiger partial charge in [-0.1, -0.05) is 18.2 Å². The molecule has 0 spiro atoms. The Morgan fingerprint density at radius 2 is 1.55 bits per heavy atom. The van der Waals surface area contributed by atoms with Crippen molar-refractivity contribution in [1.82, 2.24) is 14.8 Å². The highest BCUT2D eigenvalue weighted by Crippen LogP contribution is 2.35. The second-order valence-corrected chi connectivity index (χ2v) is 10.6. The smallest absolute Gasteiger partial charge is 0.273 e. The molecule has 2 fully saturated rings. The first kappa shape index (κ1) is 28.5. The van der Waals surface area contributed by atoms with E-state index in [-0.39, 0.29) is 24.3 Å². The number of nitrogens with zero attached hydrogens (tertiary/aromatic N) is 3. The topological polar surface area (TPSA) is 90.4 Å². The summed E-state index contributed by atoms with van der Waals surface area (Å²) in [6, 6.07) is 8.16. The summed E-state index contributed by atoms with van der Waals surface area (Å²) in [6.45, 7) is 4.77. The van der Waals surface area contributed by atoms with Gasteiger partial charge in [0.1, 0.15) is 18.1 Å². The van der Waals surface area contributed by atoms with E-state index in [1.165, 1.54) is 5.56 Å². The molecule has 0 unspecified atom stereocenters. The standard InChI is InChI=1S/C28H39N3O6S/c1-34-15-16-36-17-18-37-19-26(32)30-11-9-22(10-12-30)27-29-24(20-38-27)28(33)31-13-7-21(8-14-31)23-5-3-4-6-25(23)35-2/h3-6,20-22H,7-19H2,1-2H3. The quantitative estimate of drug-likeness (QED) is 0.377. The number of carbonyl (C=O) groups is 2. The second kappa shape index (κ2) is 14.6. The van der Waals surface area contributed by atoms with E-state index in [4.69, 9.17) is 23.9 Å². The van der Waals surface area contributed by atoms with E-state index in [9.17, 15) is 9.59 Å². The van der Waals surface area contributed by atoms with Crippen LogP contribution in [0.25, 0.3) is 0 Å². The Morgan fingerprint density at radius 1 is 0.895 bits per heavy atom. The highest BCUT2D eigenvalue weighted by Gasteiger charge is 2.29. The molecule has 2 aliphatic heterocycles. The van der Waals surface area contributed by atoms with Crippen molar-refractivity contribution in [1.29, 1.82) is 0 Å². The molecule has 2 aromatic rings. The highest BCUT2D eigenvalue weighted by molar-refractivity contribution is 7.09. The van der Waals surface area contributed by atoms with Crippen LogP contribution in [-0.4, -0.2) is 100 Å². The van der Waals surface area contributed by atoms with Crippen LogP contribution < -0.4 is 4.74 Å². The molecule has 0 N–H and O–H groups in total. The average Bonchev–Trinajstić information content (AvgIpc) is 3.47. The SMILES string of the molecule is COCCOCCOCC(=O)N1CCC(c2nc(C(=O)N3CCC(c4ccccc4OC)CC3)cs2)CC1. The molecule has 0 bridgehead atoms. The maximum atomic E-state index is 13.2. The first-order valence-corrected chi connectivity index (χ1v) is 14.3. The van der Waals surface area contributed by atoms with Gasteiger partial charge in [0.15, 0.2) is 0 Å². The second-order valence-electron chi connectivity index (χ2n) is 9.69. The number of thiazole rings is 1. The van der Waals surface area contributed by atoms with Gasteiger partial charge < -0.3 is 28.7 Å². The van der Waals surface area contributed by atoms with Crippen LogP contribution in [0.5, 0.6) is 5.75 Å². The van der Waals surface area contributed by atoms with Crippen LogP contribution in [0.15, 0.2) is 29.6 Å². The fourth-order valence-electron chi connectivity index (χ4n) is 5.12. The van der Waals surface area contributed by atoms with E-state index in [1.807, 2.05) is 33.4 Å². The fourth-order valence-corrected chi connectivity index (χ4v) is 6.09. The maximum Gasteiger partial charge on any atom is 0.273 e. The minimum Gasteiger partial charge on any atom is -0.496 e. The van der Waals surface area contributed by atoms with Crippen LogP contribution in [0.4, 0.5) is 0 Å². The van der Waals surface area contributed by atoms with Gasteiger partial charge in [0, 0.05) is 44.6 Å². The van der Waals surface area contributed by atoms with Crippen molar-refractivity contribution in [2.75, 3.05) is 73.4 Å². The molecule has 0 aliphatic carbocycles. The van der Waals surface area contributed by atoms with Crippen molar-refractivity contribution in [2.24, 2.45) is 0 Å². The Labute approximate surface area is 229 Å². The molecular weight excluding hydrogens is 506 g/mol. The molecule has 2 aliphatic rings. The predicted molar refractivity (Wildman–Crippen MR) is 145 cm³/mol. The molecule has 9 nitrogen and oxygen atoms in total. The maximum absolute atomic E-state index is 13.2. The van der Waals surface area contributed by atoms with Crippen LogP contribution >= 0.6 is 11.3 Å².